The van der Waals surface area contributed by atoms with Crippen molar-refractivity contribution in [2.24, 2.45) is 0 Å². The molecule has 8 nitrogen and oxygen atoms in total. The maximum absolute atomic E-state index is 12.4. The summed E-state index contributed by atoms with van der Waals surface area (Å²) < 4.78 is 35.5. The molecule has 0 N–H and O–H groups in total. The predicted octanol–water partition coefficient (Wildman–Crippen LogP) is 2.31. The highest BCUT2D eigenvalue weighted by Gasteiger charge is 2.24. The average molecular weight is 407 g/mol. The number of carbonyl (C=O) groups excluding carboxylic acids is 2. The van der Waals surface area contributed by atoms with E-state index in [1.807, 2.05) is 0 Å². The van der Waals surface area contributed by atoms with E-state index in [4.69, 9.17) is 14.3 Å². The van der Waals surface area contributed by atoms with Crippen LogP contribution in [0.4, 0.5) is 0 Å². The molecule has 2 rings (SSSR count). The second-order valence-electron chi connectivity index (χ2n) is 5.77. The van der Waals surface area contributed by atoms with E-state index in [1.165, 1.54) is 46.4 Å². The third-order valence-electron chi connectivity index (χ3n) is 3.99. The molecule has 0 unspecified atom stereocenters. The zero-order valence-corrected chi connectivity index (χ0v) is 16.7. The van der Waals surface area contributed by atoms with Gasteiger partial charge in [0.25, 0.3) is 10.0 Å². The number of ether oxygens (including phenoxy) is 2. The minimum Gasteiger partial charge on any atom is -0.497 e. The van der Waals surface area contributed by atoms with E-state index in [0.29, 0.717) is 15.8 Å². The molecule has 0 bridgehead atoms. The average Bonchev–Trinajstić information content (AvgIpc) is 2.72. The SMILES string of the molecule is COc1ccc(C(=O)[C@@H](C)OC(=O)c2cccc(S(=O)(=O)N(C)OC)c2)cc1. The summed E-state index contributed by atoms with van der Waals surface area (Å²) in [6.45, 7) is 1.45. The Balaban J connectivity index is 2.15. The third-order valence-corrected chi connectivity index (χ3v) is 5.67. The smallest absolute Gasteiger partial charge is 0.338 e. The van der Waals surface area contributed by atoms with Gasteiger partial charge in [-0.05, 0) is 49.4 Å². The number of nitrogens with zero attached hydrogens (tertiary/aromatic N) is 1. The molecule has 9 heteroatoms. The fourth-order valence-electron chi connectivity index (χ4n) is 2.30. The Labute approximate surface area is 163 Å². The normalized spacial score (nSPS) is 12.5. The molecule has 150 valence electrons. The molecule has 0 aliphatic heterocycles. The molecule has 0 aromatic heterocycles. The van der Waals surface area contributed by atoms with Gasteiger partial charge in [-0.1, -0.05) is 10.5 Å². The lowest BCUT2D eigenvalue weighted by Gasteiger charge is -2.15. The van der Waals surface area contributed by atoms with Gasteiger partial charge < -0.3 is 9.47 Å². The monoisotopic (exact) mass is 407 g/mol. The lowest BCUT2D eigenvalue weighted by atomic mass is 10.1. The topological polar surface area (TPSA) is 99.2 Å². The summed E-state index contributed by atoms with van der Waals surface area (Å²) in [5, 5.41) is 0. The van der Waals surface area contributed by atoms with Crippen molar-refractivity contribution in [2.45, 2.75) is 17.9 Å². The molecule has 0 aliphatic carbocycles. The molecule has 0 fully saturated rings. The van der Waals surface area contributed by atoms with Crippen molar-refractivity contribution in [3.8, 4) is 5.75 Å². The van der Waals surface area contributed by atoms with Crippen LogP contribution in [0.15, 0.2) is 53.4 Å². The summed E-state index contributed by atoms with van der Waals surface area (Å²) in [7, 11) is 0.0414. The Morgan fingerprint density at radius 2 is 1.64 bits per heavy atom. The van der Waals surface area contributed by atoms with Crippen molar-refractivity contribution in [2.75, 3.05) is 21.3 Å². The summed E-state index contributed by atoms with van der Waals surface area (Å²) in [5.41, 5.74) is 0.360. The number of hydroxylamine groups is 1. The molecule has 0 saturated carbocycles. The molecular formula is C19H21NO7S. The Kier molecular flexibility index (Phi) is 6.90. The highest BCUT2D eigenvalue weighted by atomic mass is 32.2. The van der Waals surface area contributed by atoms with E-state index in [9.17, 15) is 18.0 Å². The van der Waals surface area contributed by atoms with Crippen molar-refractivity contribution in [3.63, 3.8) is 0 Å². The Hall–Kier alpha value is -2.75. The van der Waals surface area contributed by atoms with E-state index in [0.717, 1.165) is 6.07 Å². The summed E-state index contributed by atoms with van der Waals surface area (Å²) in [4.78, 5) is 29.4. The van der Waals surface area contributed by atoms with E-state index in [-0.39, 0.29) is 16.2 Å². The molecule has 2 aromatic rings. The molecule has 1 atom stereocenters. The molecule has 0 radical (unpaired) electrons. The molecular weight excluding hydrogens is 386 g/mol. The number of hydrogen-bond acceptors (Lipinski definition) is 7. The number of esters is 1. The van der Waals surface area contributed by atoms with Crippen molar-refractivity contribution in [3.05, 3.63) is 59.7 Å². The standard InChI is InChI=1S/C19H21NO7S/c1-13(18(21)14-8-10-16(25-3)11-9-14)27-19(22)15-6-5-7-17(12-15)28(23,24)20(2)26-4/h5-13H,1-4H3/t13-/m1/s1. The Morgan fingerprint density at radius 3 is 2.21 bits per heavy atom. The van der Waals surface area contributed by atoms with Gasteiger partial charge in [0, 0.05) is 12.6 Å². The van der Waals surface area contributed by atoms with Crippen LogP contribution in [0.1, 0.15) is 27.6 Å². The van der Waals surface area contributed by atoms with Gasteiger partial charge >= 0.3 is 5.97 Å². The molecule has 28 heavy (non-hydrogen) atoms. The Morgan fingerprint density at radius 1 is 1.00 bits per heavy atom. The highest BCUT2D eigenvalue weighted by molar-refractivity contribution is 7.89. The second kappa shape index (κ2) is 8.96. The quantitative estimate of drug-likeness (QED) is 0.376. The maximum Gasteiger partial charge on any atom is 0.338 e. The molecule has 0 saturated heterocycles. The minimum absolute atomic E-state index is 0.0000380. The maximum atomic E-state index is 12.4. The van der Waals surface area contributed by atoms with Crippen molar-refractivity contribution in [1.82, 2.24) is 4.47 Å². The zero-order valence-electron chi connectivity index (χ0n) is 15.9. The zero-order chi connectivity index (χ0) is 20.9. The highest BCUT2D eigenvalue weighted by Crippen LogP contribution is 2.18. The van der Waals surface area contributed by atoms with Crippen LogP contribution in [0.25, 0.3) is 0 Å². The van der Waals surface area contributed by atoms with Crippen molar-refractivity contribution in [1.29, 1.82) is 0 Å². The fourth-order valence-corrected chi connectivity index (χ4v) is 3.32. The summed E-state index contributed by atoms with van der Waals surface area (Å²) >= 11 is 0. The second-order valence-corrected chi connectivity index (χ2v) is 7.70. The largest absolute Gasteiger partial charge is 0.497 e. The van der Waals surface area contributed by atoms with Gasteiger partial charge in [0.15, 0.2) is 6.10 Å². The first kappa shape index (κ1) is 21.5. The predicted molar refractivity (Wildman–Crippen MR) is 101 cm³/mol. The van der Waals surface area contributed by atoms with Crippen LogP contribution in [0, 0.1) is 0 Å². The van der Waals surface area contributed by atoms with E-state index >= 15 is 0 Å². The van der Waals surface area contributed by atoms with Crippen LogP contribution in [0.2, 0.25) is 0 Å². The van der Waals surface area contributed by atoms with Gasteiger partial charge in [-0.2, -0.15) is 0 Å². The fraction of sp³-hybridized carbons (Fsp3) is 0.263. The first-order valence-electron chi connectivity index (χ1n) is 8.23. The van der Waals surface area contributed by atoms with Gasteiger partial charge in [-0.25, -0.2) is 13.2 Å². The van der Waals surface area contributed by atoms with E-state index < -0.39 is 22.1 Å². The number of ketones is 1. The van der Waals surface area contributed by atoms with Crippen LogP contribution in [0.5, 0.6) is 5.75 Å². The summed E-state index contributed by atoms with van der Waals surface area (Å²) in [6.07, 6.45) is -1.05. The first-order chi connectivity index (χ1) is 13.2. The van der Waals surface area contributed by atoms with Crippen LogP contribution in [-0.2, 0) is 19.6 Å². The lowest BCUT2D eigenvalue weighted by Crippen LogP contribution is -2.26. The first-order valence-corrected chi connectivity index (χ1v) is 9.67. The molecule has 0 spiro atoms. The molecule has 0 heterocycles. The number of methoxy groups -OCH3 is 1. The number of sulfonamides is 1. The Bertz CT molecular complexity index is 955. The summed E-state index contributed by atoms with van der Waals surface area (Å²) in [6, 6.07) is 11.7. The molecule has 2 aromatic carbocycles. The van der Waals surface area contributed by atoms with Gasteiger partial charge in [0.05, 0.1) is 24.7 Å². The van der Waals surface area contributed by atoms with Crippen molar-refractivity contribution < 1.29 is 32.3 Å². The van der Waals surface area contributed by atoms with Crippen molar-refractivity contribution >= 4 is 21.8 Å². The number of benzene rings is 2. The number of Topliss-reactive ketones (excluding diaryl/α,β-unsaturated/α-hetero) is 1. The minimum atomic E-state index is -3.91. The van der Waals surface area contributed by atoms with Gasteiger partial charge in [-0.3, -0.25) is 9.63 Å². The lowest BCUT2D eigenvalue weighted by molar-refractivity contribution is -0.0258. The van der Waals surface area contributed by atoms with Crippen LogP contribution >= 0.6 is 0 Å². The number of rotatable bonds is 8. The van der Waals surface area contributed by atoms with E-state index in [2.05, 4.69) is 0 Å². The van der Waals surface area contributed by atoms with Crippen LogP contribution in [-0.4, -0.2) is 52.0 Å². The molecule has 0 aliphatic rings. The van der Waals surface area contributed by atoms with E-state index in [1.54, 1.807) is 24.3 Å². The third kappa shape index (κ3) is 4.75. The van der Waals surface area contributed by atoms with Gasteiger partial charge in [0.1, 0.15) is 5.75 Å². The number of carbonyl (C=O) groups is 2. The van der Waals surface area contributed by atoms with Gasteiger partial charge in [0.2, 0.25) is 5.78 Å². The summed E-state index contributed by atoms with van der Waals surface area (Å²) in [5.74, 6) is -0.606. The number of hydrogen-bond donors (Lipinski definition) is 0. The molecule has 0 amide bonds. The van der Waals surface area contributed by atoms with Gasteiger partial charge in [-0.15, -0.1) is 0 Å². The van der Waals surface area contributed by atoms with Crippen LogP contribution < -0.4 is 4.74 Å². The van der Waals surface area contributed by atoms with Crippen LogP contribution in [0.3, 0.4) is 0 Å².